The third kappa shape index (κ3) is 4.44. The van der Waals surface area contributed by atoms with Gasteiger partial charge in [-0.2, -0.15) is 23.4 Å². The van der Waals surface area contributed by atoms with E-state index in [1.807, 2.05) is 0 Å². The van der Waals surface area contributed by atoms with Gasteiger partial charge < -0.3 is 5.32 Å². The lowest BCUT2D eigenvalue weighted by atomic mass is 10.00. The summed E-state index contributed by atoms with van der Waals surface area (Å²) in [5.74, 6) is 0.0478. The average molecular weight is 487 g/mol. The fourth-order valence-corrected chi connectivity index (χ4v) is 3.34. The van der Waals surface area contributed by atoms with Gasteiger partial charge in [-0.25, -0.2) is 9.37 Å². The first kappa shape index (κ1) is 22.9. The molecule has 0 bridgehead atoms. The molecule has 0 radical (unpaired) electrons. The number of carbonyl (C=O) groups excluding carboxylic acids is 1. The predicted octanol–water partition coefficient (Wildman–Crippen LogP) is 4.77. The van der Waals surface area contributed by atoms with Crippen LogP contribution in [0.4, 0.5) is 23.2 Å². The molecule has 1 amide bonds. The van der Waals surface area contributed by atoms with Crippen LogP contribution in [0.15, 0.2) is 55.2 Å². The van der Waals surface area contributed by atoms with E-state index >= 15 is 0 Å². The number of pyridine rings is 2. The zero-order valence-corrected chi connectivity index (χ0v) is 17.6. The third-order valence-corrected chi connectivity index (χ3v) is 4.92. The molecule has 1 aromatic carbocycles. The molecule has 0 spiro atoms. The molecule has 34 heavy (non-hydrogen) atoms. The lowest BCUT2D eigenvalue weighted by Crippen LogP contribution is -2.17. The van der Waals surface area contributed by atoms with Crippen LogP contribution in [0.5, 0.6) is 0 Å². The van der Waals surface area contributed by atoms with Gasteiger partial charge in [-0.05, 0) is 24.3 Å². The Kier molecular flexibility index (Phi) is 6.00. The second kappa shape index (κ2) is 8.92. The molecule has 0 aliphatic heterocycles. The van der Waals surface area contributed by atoms with E-state index in [0.29, 0.717) is 22.0 Å². The van der Waals surface area contributed by atoms with E-state index in [-0.39, 0.29) is 21.8 Å². The molecule has 0 fully saturated rings. The summed E-state index contributed by atoms with van der Waals surface area (Å²) in [6.45, 7) is 0. The summed E-state index contributed by atoms with van der Waals surface area (Å²) >= 11 is 6.19. The molecule has 12 heteroatoms. The summed E-state index contributed by atoms with van der Waals surface area (Å²) in [5, 5.41) is 9.40. The van der Waals surface area contributed by atoms with Crippen molar-refractivity contribution in [3.05, 3.63) is 82.8 Å². The highest BCUT2D eigenvalue weighted by atomic mass is 35.5. The van der Waals surface area contributed by atoms with E-state index in [2.05, 4.69) is 31.4 Å². The normalized spacial score (nSPS) is 11.2. The summed E-state index contributed by atoms with van der Waals surface area (Å²) < 4.78 is 55.5. The van der Waals surface area contributed by atoms with Gasteiger partial charge in [0.2, 0.25) is 0 Å². The molecule has 0 aliphatic carbocycles. The summed E-state index contributed by atoms with van der Waals surface area (Å²) in [7, 11) is 0. The van der Waals surface area contributed by atoms with Crippen LogP contribution in [0, 0.1) is 18.2 Å². The van der Waals surface area contributed by atoms with Crippen molar-refractivity contribution in [2.24, 2.45) is 0 Å². The number of nitrogens with one attached hydrogen (secondary N) is 1. The minimum absolute atomic E-state index is 0.0361. The highest BCUT2D eigenvalue weighted by molar-refractivity contribution is 6.34. The van der Waals surface area contributed by atoms with Crippen LogP contribution >= 0.6 is 11.6 Å². The van der Waals surface area contributed by atoms with Crippen molar-refractivity contribution in [1.29, 1.82) is 0 Å². The number of anilines is 1. The van der Waals surface area contributed by atoms with Crippen molar-refractivity contribution >= 4 is 23.2 Å². The average Bonchev–Trinajstić information content (AvgIpc) is 3.34. The Balaban J connectivity index is 1.67. The van der Waals surface area contributed by atoms with Crippen LogP contribution in [-0.4, -0.2) is 30.9 Å². The smallest absolute Gasteiger partial charge is 0.321 e. The van der Waals surface area contributed by atoms with Gasteiger partial charge in [0.1, 0.15) is 11.4 Å². The third-order valence-electron chi connectivity index (χ3n) is 4.61. The molecule has 0 unspecified atom stereocenters. The monoisotopic (exact) mass is 486 g/mol. The molecule has 3 heterocycles. The van der Waals surface area contributed by atoms with Crippen LogP contribution in [0.2, 0.25) is 5.02 Å². The molecule has 0 atom stereocenters. The number of alkyl halides is 3. The van der Waals surface area contributed by atoms with Crippen LogP contribution in [0.1, 0.15) is 21.5 Å². The summed E-state index contributed by atoms with van der Waals surface area (Å²) in [5.41, 5.74) is -1.09. The first-order valence-corrected chi connectivity index (χ1v) is 9.72. The van der Waals surface area contributed by atoms with E-state index in [4.69, 9.17) is 18.0 Å². The summed E-state index contributed by atoms with van der Waals surface area (Å²) in [6.07, 6.45) is 6.76. The van der Waals surface area contributed by atoms with Gasteiger partial charge in [0.05, 0.1) is 40.4 Å². The maximum atomic E-state index is 14.9. The number of halogens is 5. The van der Waals surface area contributed by atoms with E-state index in [0.717, 1.165) is 12.3 Å². The van der Waals surface area contributed by atoms with E-state index in [1.165, 1.54) is 36.9 Å². The summed E-state index contributed by atoms with van der Waals surface area (Å²) in [4.78, 5) is 21.0. The Bertz CT molecular complexity index is 1430. The number of carbonyl (C=O) groups is 1. The van der Waals surface area contributed by atoms with Crippen molar-refractivity contribution in [2.45, 2.75) is 6.18 Å². The molecule has 0 aliphatic rings. The van der Waals surface area contributed by atoms with Crippen LogP contribution in [-0.2, 0) is 6.18 Å². The Hall–Kier alpha value is -4.30. The van der Waals surface area contributed by atoms with Gasteiger partial charge in [0.25, 0.3) is 5.91 Å². The SMILES string of the molecule is C#Cc1cnccc1-c1cc(Cl)c(C(=O)Nc2cnc(-n3nccn3)c(C(F)(F)F)c2)cc1F. The summed E-state index contributed by atoms with van der Waals surface area (Å²) in [6, 6.07) is 4.23. The van der Waals surface area contributed by atoms with Crippen LogP contribution in [0.3, 0.4) is 0 Å². The van der Waals surface area contributed by atoms with Gasteiger partial charge in [-0.15, -0.1) is 11.2 Å². The highest BCUT2D eigenvalue weighted by Gasteiger charge is 2.36. The van der Waals surface area contributed by atoms with Crippen molar-refractivity contribution in [1.82, 2.24) is 25.0 Å². The molecule has 4 rings (SSSR count). The molecule has 3 aromatic heterocycles. The fourth-order valence-electron chi connectivity index (χ4n) is 3.09. The van der Waals surface area contributed by atoms with Crippen LogP contribution in [0.25, 0.3) is 16.9 Å². The number of hydrogen-bond donors (Lipinski definition) is 1. The van der Waals surface area contributed by atoms with Crippen molar-refractivity contribution in [3.8, 4) is 29.3 Å². The van der Waals surface area contributed by atoms with E-state index in [9.17, 15) is 22.4 Å². The molecular weight excluding hydrogens is 476 g/mol. The number of amides is 1. The molecule has 7 nitrogen and oxygen atoms in total. The quantitative estimate of drug-likeness (QED) is 0.332. The Morgan fingerprint density at radius 3 is 2.50 bits per heavy atom. The molecule has 0 saturated heterocycles. The fraction of sp³-hybridized carbons (Fsp3) is 0.0455. The van der Waals surface area contributed by atoms with Crippen molar-refractivity contribution < 1.29 is 22.4 Å². The molecule has 4 aromatic rings. The van der Waals surface area contributed by atoms with Gasteiger partial charge in [-0.1, -0.05) is 17.5 Å². The minimum atomic E-state index is -4.82. The Morgan fingerprint density at radius 2 is 1.82 bits per heavy atom. The Morgan fingerprint density at radius 1 is 1.09 bits per heavy atom. The number of nitrogens with zero attached hydrogens (tertiary/aromatic N) is 5. The van der Waals surface area contributed by atoms with Gasteiger partial charge in [0, 0.05) is 23.5 Å². The highest BCUT2D eigenvalue weighted by Crippen LogP contribution is 2.35. The standard InChI is InChI=1S/C22H11ClF4N6O/c1-2-12-10-28-4-3-14(12)15-8-18(23)16(9-19(15)24)21(34)32-13-7-17(22(25,26)27)20(29-11-13)33-30-5-6-31-33/h1,3-11H,(H,32,34). The molecule has 170 valence electrons. The van der Waals surface area contributed by atoms with E-state index < -0.39 is 29.3 Å². The van der Waals surface area contributed by atoms with Gasteiger partial charge in [0.15, 0.2) is 5.82 Å². The van der Waals surface area contributed by atoms with Crippen molar-refractivity contribution in [2.75, 3.05) is 5.32 Å². The second-order valence-electron chi connectivity index (χ2n) is 6.74. The molecule has 0 saturated carbocycles. The predicted molar refractivity (Wildman–Crippen MR) is 115 cm³/mol. The second-order valence-corrected chi connectivity index (χ2v) is 7.15. The molecular formula is C22H11ClF4N6O. The topological polar surface area (TPSA) is 85.6 Å². The lowest BCUT2D eigenvalue weighted by molar-refractivity contribution is -0.137. The largest absolute Gasteiger partial charge is 0.420 e. The maximum Gasteiger partial charge on any atom is 0.420 e. The first-order valence-electron chi connectivity index (χ1n) is 9.34. The number of hydrogen-bond acceptors (Lipinski definition) is 5. The van der Waals surface area contributed by atoms with Gasteiger partial charge >= 0.3 is 6.18 Å². The van der Waals surface area contributed by atoms with Crippen molar-refractivity contribution in [3.63, 3.8) is 0 Å². The van der Waals surface area contributed by atoms with E-state index in [1.54, 1.807) is 0 Å². The minimum Gasteiger partial charge on any atom is -0.321 e. The van der Waals surface area contributed by atoms with Gasteiger partial charge in [-0.3, -0.25) is 9.78 Å². The molecule has 1 N–H and O–H groups in total. The number of rotatable bonds is 4. The lowest BCUT2D eigenvalue weighted by Gasteiger charge is -2.14. The first-order chi connectivity index (χ1) is 16.2. The van der Waals surface area contributed by atoms with Crippen LogP contribution < -0.4 is 5.32 Å². The number of aromatic nitrogens is 5. The number of terminal acetylenes is 1. The maximum absolute atomic E-state index is 14.9. The Labute approximate surface area is 194 Å². The zero-order chi connectivity index (χ0) is 24.5. The zero-order valence-electron chi connectivity index (χ0n) is 16.8. The number of benzene rings is 1.